The van der Waals surface area contributed by atoms with Crippen molar-refractivity contribution < 1.29 is 14.3 Å². The lowest BCUT2D eigenvalue weighted by Crippen LogP contribution is -2.03. The van der Waals surface area contributed by atoms with Gasteiger partial charge in [-0.2, -0.15) is 0 Å². The van der Waals surface area contributed by atoms with Crippen molar-refractivity contribution in [3.8, 4) is 11.5 Å². The largest absolute Gasteiger partial charge is 0.493 e. The first kappa shape index (κ1) is 14.4. The van der Waals surface area contributed by atoms with Gasteiger partial charge in [0.25, 0.3) is 5.91 Å². The Balaban J connectivity index is 1.87. The summed E-state index contributed by atoms with van der Waals surface area (Å²) in [6.45, 7) is 0. The van der Waals surface area contributed by atoms with Crippen molar-refractivity contribution in [2.75, 3.05) is 19.5 Å². The van der Waals surface area contributed by atoms with E-state index in [1.54, 1.807) is 20.3 Å². The van der Waals surface area contributed by atoms with Crippen molar-refractivity contribution in [3.05, 3.63) is 53.7 Å². The normalized spacial score (nSPS) is 14.8. The molecular weight excluding hydrogens is 304 g/mol. The minimum Gasteiger partial charge on any atom is -0.493 e. The first-order valence-electron chi connectivity index (χ1n) is 7.57. The highest BCUT2D eigenvalue weighted by atomic mass is 16.5. The first-order valence-corrected chi connectivity index (χ1v) is 7.57. The van der Waals surface area contributed by atoms with E-state index in [4.69, 9.17) is 9.47 Å². The van der Waals surface area contributed by atoms with Crippen molar-refractivity contribution in [1.29, 1.82) is 0 Å². The van der Waals surface area contributed by atoms with Crippen molar-refractivity contribution in [3.63, 3.8) is 0 Å². The first-order chi connectivity index (χ1) is 11.7. The summed E-state index contributed by atoms with van der Waals surface area (Å²) in [4.78, 5) is 15.6. The monoisotopic (exact) mass is 320 g/mol. The molecule has 2 heterocycles. The second kappa shape index (κ2) is 5.45. The zero-order valence-corrected chi connectivity index (χ0v) is 13.3. The van der Waals surface area contributed by atoms with Crippen LogP contribution < -0.4 is 14.8 Å². The summed E-state index contributed by atoms with van der Waals surface area (Å²) in [6, 6.07) is 11.6. The summed E-state index contributed by atoms with van der Waals surface area (Å²) in [6.07, 6.45) is 3.80. The molecule has 3 aromatic rings. The molecule has 0 saturated heterocycles. The average Bonchev–Trinajstić information content (AvgIpc) is 3.15. The SMILES string of the molecule is COc1cc2c(cc1OC)C(=Cc1c[nH]c3ccccc13)C(=O)N2. The molecule has 2 N–H and O–H groups in total. The predicted octanol–water partition coefficient (Wildman–Crippen LogP) is 3.68. The second-order valence-corrected chi connectivity index (χ2v) is 5.55. The molecular formula is C19H16N2O3. The molecule has 1 aromatic heterocycles. The van der Waals surface area contributed by atoms with Crippen LogP contribution in [-0.4, -0.2) is 25.1 Å². The summed E-state index contributed by atoms with van der Waals surface area (Å²) in [7, 11) is 3.15. The molecule has 2 aromatic carbocycles. The molecule has 5 heteroatoms. The maximum atomic E-state index is 12.4. The van der Waals surface area contributed by atoms with Gasteiger partial charge in [0.05, 0.1) is 19.9 Å². The minimum absolute atomic E-state index is 0.134. The molecule has 1 aliphatic heterocycles. The van der Waals surface area contributed by atoms with Crippen molar-refractivity contribution in [1.82, 2.24) is 4.98 Å². The molecule has 0 fully saturated rings. The molecule has 0 spiro atoms. The van der Waals surface area contributed by atoms with Crippen LogP contribution in [0.1, 0.15) is 11.1 Å². The zero-order chi connectivity index (χ0) is 16.7. The Bertz CT molecular complexity index is 985. The molecule has 4 rings (SSSR count). The number of aromatic nitrogens is 1. The predicted molar refractivity (Wildman–Crippen MR) is 94.3 cm³/mol. The molecule has 1 amide bonds. The topological polar surface area (TPSA) is 63.4 Å². The highest BCUT2D eigenvalue weighted by Gasteiger charge is 2.26. The second-order valence-electron chi connectivity index (χ2n) is 5.55. The number of carbonyl (C=O) groups excluding carboxylic acids is 1. The van der Waals surface area contributed by atoms with E-state index >= 15 is 0 Å². The number of aromatic amines is 1. The lowest BCUT2D eigenvalue weighted by Gasteiger charge is -2.09. The van der Waals surface area contributed by atoms with Crippen LogP contribution in [0, 0.1) is 0 Å². The Hall–Kier alpha value is -3.21. The molecule has 24 heavy (non-hydrogen) atoms. The van der Waals surface area contributed by atoms with E-state index < -0.39 is 0 Å². The molecule has 0 unspecified atom stereocenters. The van der Waals surface area contributed by atoms with Gasteiger partial charge in [-0.1, -0.05) is 18.2 Å². The summed E-state index contributed by atoms with van der Waals surface area (Å²) < 4.78 is 10.6. The number of fused-ring (bicyclic) bond motifs is 2. The zero-order valence-electron chi connectivity index (χ0n) is 13.3. The Morgan fingerprint density at radius 2 is 1.79 bits per heavy atom. The molecule has 0 bridgehead atoms. The van der Waals surface area contributed by atoms with E-state index in [1.807, 2.05) is 42.6 Å². The summed E-state index contributed by atoms with van der Waals surface area (Å²) >= 11 is 0. The van der Waals surface area contributed by atoms with E-state index in [0.717, 1.165) is 27.7 Å². The Kier molecular flexibility index (Phi) is 3.27. The van der Waals surface area contributed by atoms with Crippen LogP contribution in [0.15, 0.2) is 42.6 Å². The van der Waals surface area contributed by atoms with Gasteiger partial charge in [-0.3, -0.25) is 4.79 Å². The van der Waals surface area contributed by atoms with E-state index in [1.165, 1.54) is 0 Å². The third kappa shape index (κ3) is 2.13. The fraction of sp³-hybridized carbons (Fsp3) is 0.105. The van der Waals surface area contributed by atoms with E-state index in [2.05, 4.69) is 10.3 Å². The van der Waals surface area contributed by atoms with Crippen LogP contribution >= 0.6 is 0 Å². The third-order valence-electron chi connectivity index (χ3n) is 4.23. The highest BCUT2D eigenvalue weighted by Crippen LogP contribution is 2.41. The van der Waals surface area contributed by atoms with Crippen molar-refractivity contribution in [2.45, 2.75) is 0 Å². The van der Waals surface area contributed by atoms with Crippen molar-refractivity contribution in [2.24, 2.45) is 0 Å². The number of hydrogen-bond donors (Lipinski definition) is 2. The number of hydrogen-bond acceptors (Lipinski definition) is 3. The fourth-order valence-corrected chi connectivity index (χ4v) is 3.03. The van der Waals surface area contributed by atoms with Crippen LogP contribution in [0.5, 0.6) is 11.5 Å². The van der Waals surface area contributed by atoms with E-state index in [9.17, 15) is 4.79 Å². The van der Waals surface area contributed by atoms with Crippen LogP contribution in [0.25, 0.3) is 22.6 Å². The number of amides is 1. The molecule has 5 nitrogen and oxygen atoms in total. The van der Waals surface area contributed by atoms with E-state index in [-0.39, 0.29) is 5.91 Å². The maximum absolute atomic E-state index is 12.4. The highest BCUT2D eigenvalue weighted by molar-refractivity contribution is 6.35. The Morgan fingerprint density at radius 3 is 2.58 bits per heavy atom. The third-order valence-corrected chi connectivity index (χ3v) is 4.23. The molecule has 0 atom stereocenters. The lowest BCUT2D eigenvalue weighted by atomic mass is 10.0. The Morgan fingerprint density at radius 1 is 1.04 bits per heavy atom. The summed E-state index contributed by atoms with van der Waals surface area (Å²) in [5.41, 5.74) is 4.15. The molecule has 120 valence electrons. The molecule has 0 saturated carbocycles. The van der Waals surface area contributed by atoms with Gasteiger partial charge in [-0.15, -0.1) is 0 Å². The number of rotatable bonds is 3. The van der Waals surface area contributed by atoms with Crippen LogP contribution in [0.4, 0.5) is 5.69 Å². The number of nitrogens with one attached hydrogen (secondary N) is 2. The lowest BCUT2D eigenvalue weighted by molar-refractivity contribution is -0.110. The van der Waals surface area contributed by atoms with Crippen LogP contribution in [0.2, 0.25) is 0 Å². The van der Waals surface area contributed by atoms with Crippen molar-refractivity contribution >= 4 is 34.1 Å². The van der Waals surface area contributed by atoms with Gasteiger partial charge >= 0.3 is 0 Å². The van der Waals surface area contributed by atoms with Gasteiger partial charge in [0, 0.05) is 39.9 Å². The number of anilines is 1. The molecule has 1 aliphatic rings. The van der Waals surface area contributed by atoms with Gasteiger partial charge in [0.1, 0.15) is 0 Å². The van der Waals surface area contributed by atoms with E-state index in [0.29, 0.717) is 17.1 Å². The number of methoxy groups -OCH3 is 2. The van der Waals surface area contributed by atoms with Gasteiger partial charge in [-0.25, -0.2) is 0 Å². The number of H-pyrrole nitrogens is 1. The van der Waals surface area contributed by atoms with Crippen LogP contribution in [-0.2, 0) is 4.79 Å². The number of carbonyl (C=O) groups is 1. The van der Waals surface area contributed by atoms with Crippen LogP contribution in [0.3, 0.4) is 0 Å². The fourth-order valence-electron chi connectivity index (χ4n) is 3.03. The van der Waals surface area contributed by atoms with Gasteiger partial charge in [-0.05, 0) is 18.2 Å². The average molecular weight is 320 g/mol. The number of benzene rings is 2. The number of para-hydroxylation sites is 1. The van der Waals surface area contributed by atoms with Gasteiger partial charge < -0.3 is 19.8 Å². The summed E-state index contributed by atoms with van der Waals surface area (Å²) in [5, 5.41) is 3.96. The maximum Gasteiger partial charge on any atom is 0.256 e. The van der Waals surface area contributed by atoms with Gasteiger partial charge in [0.2, 0.25) is 0 Å². The quantitative estimate of drug-likeness (QED) is 0.724. The standard InChI is InChI=1S/C19H16N2O3/c1-23-17-8-13-14(19(22)21-16(13)9-18(17)24-2)7-11-10-20-15-6-4-3-5-12(11)15/h3-10,20H,1-2H3,(H,21,22). The smallest absolute Gasteiger partial charge is 0.256 e. The number of ether oxygens (including phenoxy) is 2. The molecule has 0 aliphatic carbocycles. The summed E-state index contributed by atoms with van der Waals surface area (Å²) in [5.74, 6) is 1.05. The molecule has 0 radical (unpaired) electrons. The minimum atomic E-state index is -0.134. The van der Waals surface area contributed by atoms with Gasteiger partial charge in [0.15, 0.2) is 11.5 Å². The Labute approximate surface area is 138 Å².